The Morgan fingerprint density at radius 1 is 0.694 bits per heavy atom. The van der Waals surface area contributed by atoms with Crippen LogP contribution in [0, 0.1) is 40.4 Å². The Labute approximate surface area is 206 Å². The van der Waals surface area contributed by atoms with Crippen molar-refractivity contribution >= 4 is 10.8 Å². The molecular formula is C30H24F5N. The van der Waals surface area contributed by atoms with Crippen LogP contribution in [0.3, 0.4) is 0 Å². The number of halogens is 5. The van der Waals surface area contributed by atoms with E-state index in [1.165, 1.54) is 31.4 Å². The van der Waals surface area contributed by atoms with E-state index in [1.807, 2.05) is 12.1 Å². The summed E-state index contributed by atoms with van der Waals surface area (Å²) >= 11 is 0. The number of rotatable bonds is 8. The second-order valence-corrected chi connectivity index (χ2v) is 8.89. The molecule has 0 atom stereocenters. The van der Waals surface area contributed by atoms with Gasteiger partial charge in [-0.05, 0) is 59.2 Å². The van der Waals surface area contributed by atoms with Crippen molar-refractivity contribution in [1.82, 2.24) is 0 Å². The van der Waals surface area contributed by atoms with Crippen LogP contribution in [0.5, 0.6) is 0 Å². The summed E-state index contributed by atoms with van der Waals surface area (Å²) in [5, 5.41) is 9.84. The molecule has 0 amide bonds. The van der Waals surface area contributed by atoms with Crippen LogP contribution in [0.2, 0.25) is 0 Å². The second kappa shape index (κ2) is 10.9. The van der Waals surface area contributed by atoms with Crippen molar-refractivity contribution in [3.63, 3.8) is 0 Å². The van der Waals surface area contributed by atoms with Gasteiger partial charge in [0.25, 0.3) is 0 Å². The smallest absolute Gasteiger partial charge is 0.144 e. The van der Waals surface area contributed by atoms with Crippen molar-refractivity contribution in [1.29, 1.82) is 5.26 Å². The van der Waals surface area contributed by atoms with Gasteiger partial charge >= 0.3 is 0 Å². The van der Waals surface area contributed by atoms with Gasteiger partial charge in [0, 0.05) is 10.9 Å². The Kier molecular flexibility index (Phi) is 7.69. The van der Waals surface area contributed by atoms with Crippen LogP contribution < -0.4 is 0 Å². The standard InChI is InChI=1S/C30H24F5N/c1-2-3-4-5-6-7-18-8-10-22-19(12-18)9-11-23(30(22)35)20-13-27(33)29(28(34)14-20)21-15-25(31)24(17-36)26(32)16-21/h8-16H,2-7H2,1H3. The van der Waals surface area contributed by atoms with Crippen molar-refractivity contribution < 1.29 is 22.0 Å². The lowest BCUT2D eigenvalue weighted by Crippen LogP contribution is -1.97. The minimum atomic E-state index is -1.23. The Morgan fingerprint density at radius 2 is 1.33 bits per heavy atom. The molecule has 0 aromatic heterocycles. The topological polar surface area (TPSA) is 23.8 Å². The SMILES string of the molecule is CCCCCCCc1ccc2c(F)c(-c3cc(F)c(-c4cc(F)c(C#N)c(F)c4)c(F)c3)ccc2c1. The number of unbranched alkanes of at least 4 members (excludes halogenated alkanes) is 4. The van der Waals surface area contributed by atoms with E-state index in [0.717, 1.165) is 37.0 Å². The summed E-state index contributed by atoms with van der Waals surface area (Å²) in [5.74, 6) is -5.27. The normalized spacial score (nSPS) is 11.1. The molecule has 6 heteroatoms. The molecule has 4 aromatic carbocycles. The predicted molar refractivity (Wildman–Crippen MR) is 132 cm³/mol. The molecule has 0 fully saturated rings. The van der Waals surface area contributed by atoms with Crippen molar-refractivity contribution in [2.24, 2.45) is 0 Å². The van der Waals surface area contributed by atoms with E-state index in [9.17, 15) is 17.6 Å². The van der Waals surface area contributed by atoms with Gasteiger partial charge in [-0.3, -0.25) is 0 Å². The average molecular weight is 494 g/mol. The summed E-state index contributed by atoms with van der Waals surface area (Å²) in [7, 11) is 0. The summed E-state index contributed by atoms with van der Waals surface area (Å²) in [5.41, 5.74) is -0.819. The number of hydrogen-bond acceptors (Lipinski definition) is 1. The number of nitriles is 1. The summed E-state index contributed by atoms with van der Waals surface area (Å²) < 4.78 is 73.3. The van der Waals surface area contributed by atoms with Gasteiger partial charge in [-0.2, -0.15) is 5.26 Å². The molecule has 0 saturated carbocycles. The highest BCUT2D eigenvalue weighted by Gasteiger charge is 2.20. The van der Waals surface area contributed by atoms with Crippen LogP contribution in [0.1, 0.15) is 50.2 Å². The Hall–Kier alpha value is -3.72. The molecule has 0 aliphatic rings. The highest BCUT2D eigenvalue weighted by atomic mass is 19.1. The van der Waals surface area contributed by atoms with E-state index >= 15 is 4.39 Å². The molecule has 0 radical (unpaired) electrons. The van der Waals surface area contributed by atoms with Crippen molar-refractivity contribution in [3.8, 4) is 28.3 Å². The Bertz CT molecular complexity index is 1420. The van der Waals surface area contributed by atoms with Crippen LogP contribution in [-0.4, -0.2) is 0 Å². The van der Waals surface area contributed by atoms with Crippen LogP contribution in [0.15, 0.2) is 54.6 Å². The van der Waals surface area contributed by atoms with Gasteiger partial charge in [0.15, 0.2) is 0 Å². The average Bonchev–Trinajstić information content (AvgIpc) is 2.83. The molecule has 0 bridgehead atoms. The van der Waals surface area contributed by atoms with Crippen molar-refractivity contribution in [2.45, 2.75) is 45.4 Å². The van der Waals surface area contributed by atoms with E-state index in [4.69, 9.17) is 5.26 Å². The molecule has 184 valence electrons. The molecule has 0 spiro atoms. The van der Waals surface area contributed by atoms with Gasteiger partial charge in [-0.25, -0.2) is 22.0 Å². The first-order chi connectivity index (χ1) is 17.3. The van der Waals surface area contributed by atoms with Crippen LogP contribution in [0.4, 0.5) is 22.0 Å². The van der Waals surface area contributed by atoms with E-state index in [1.54, 1.807) is 12.1 Å². The van der Waals surface area contributed by atoms with Gasteiger partial charge in [-0.15, -0.1) is 0 Å². The summed E-state index contributed by atoms with van der Waals surface area (Å²) in [6.07, 6.45) is 6.70. The van der Waals surface area contributed by atoms with Crippen molar-refractivity contribution in [2.75, 3.05) is 0 Å². The minimum absolute atomic E-state index is 0.0105. The predicted octanol–water partition coefficient (Wildman–Crippen LogP) is 9.25. The molecule has 36 heavy (non-hydrogen) atoms. The summed E-state index contributed by atoms with van der Waals surface area (Å²) in [4.78, 5) is 0. The van der Waals surface area contributed by atoms with Gasteiger partial charge in [0.1, 0.15) is 40.7 Å². The number of aryl methyl sites for hydroxylation is 1. The third-order valence-electron chi connectivity index (χ3n) is 6.38. The molecule has 4 aromatic rings. The fraction of sp³-hybridized carbons (Fsp3) is 0.233. The van der Waals surface area contributed by atoms with E-state index in [0.29, 0.717) is 22.9 Å². The van der Waals surface area contributed by atoms with Gasteiger partial charge in [-0.1, -0.05) is 62.9 Å². The lowest BCUT2D eigenvalue weighted by atomic mass is 9.95. The maximum absolute atomic E-state index is 15.4. The van der Waals surface area contributed by atoms with Crippen LogP contribution in [0.25, 0.3) is 33.0 Å². The van der Waals surface area contributed by atoms with E-state index in [-0.39, 0.29) is 11.1 Å². The molecule has 1 nitrogen and oxygen atoms in total. The molecule has 0 aliphatic carbocycles. The third kappa shape index (κ3) is 5.11. The van der Waals surface area contributed by atoms with Gasteiger partial charge < -0.3 is 0 Å². The number of hydrogen-bond donors (Lipinski definition) is 0. The Balaban J connectivity index is 1.65. The monoisotopic (exact) mass is 493 g/mol. The largest absolute Gasteiger partial charge is 0.206 e. The maximum atomic E-state index is 15.4. The van der Waals surface area contributed by atoms with Crippen molar-refractivity contribution in [3.05, 3.63) is 94.8 Å². The van der Waals surface area contributed by atoms with Crippen LogP contribution in [-0.2, 0) is 6.42 Å². The lowest BCUT2D eigenvalue weighted by Gasteiger charge is -2.12. The zero-order chi connectivity index (χ0) is 25.8. The van der Waals surface area contributed by atoms with Crippen LogP contribution >= 0.6 is 0 Å². The molecule has 0 N–H and O–H groups in total. The molecular weight excluding hydrogens is 469 g/mol. The first kappa shape index (κ1) is 25.4. The summed E-state index contributed by atoms with van der Waals surface area (Å²) in [6, 6.07) is 13.3. The zero-order valence-electron chi connectivity index (χ0n) is 19.8. The first-order valence-electron chi connectivity index (χ1n) is 11.9. The molecule has 0 aliphatic heterocycles. The second-order valence-electron chi connectivity index (χ2n) is 8.89. The Morgan fingerprint density at radius 3 is 1.97 bits per heavy atom. The highest BCUT2D eigenvalue weighted by Crippen LogP contribution is 2.35. The lowest BCUT2D eigenvalue weighted by molar-refractivity contribution is 0.573. The third-order valence-corrected chi connectivity index (χ3v) is 6.38. The summed E-state index contributed by atoms with van der Waals surface area (Å²) in [6.45, 7) is 2.17. The first-order valence-corrected chi connectivity index (χ1v) is 11.9. The number of nitrogens with zero attached hydrogens (tertiary/aromatic N) is 1. The quantitative estimate of drug-likeness (QED) is 0.177. The minimum Gasteiger partial charge on any atom is -0.206 e. The fourth-order valence-electron chi connectivity index (χ4n) is 4.48. The van der Waals surface area contributed by atoms with E-state index in [2.05, 4.69) is 6.92 Å². The van der Waals surface area contributed by atoms with E-state index < -0.39 is 45.8 Å². The van der Waals surface area contributed by atoms with Gasteiger partial charge in [0.05, 0.1) is 5.56 Å². The molecule has 4 rings (SSSR count). The zero-order valence-corrected chi connectivity index (χ0v) is 19.8. The highest BCUT2D eigenvalue weighted by molar-refractivity contribution is 5.89. The number of benzene rings is 4. The fourth-order valence-corrected chi connectivity index (χ4v) is 4.48. The maximum Gasteiger partial charge on any atom is 0.144 e. The molecule has 0 unspecified atom stereocenters. The molecule has 0 heterocycles. The number of fused-ring (bicyclic) bond motifs is 1. The van der Waals surface area contributed by atoms with Gasteiger partial charge in [0.2, 0.25) is 0 Å². The molecule has 0 saturated heterocycles.